The van der Waals surface area contributed by atoms with Crippen LogP contribution in [0.3, 0.4) is 0 Å². The van der Waals surface area contributed by atoms with E-state index in [1.54, 1.807) is 0 Å². The Morgan fingerprint density at radius 2 is 1.13 bits per heavy atom. The van der Waals surface area contributed by atoms with Crippen molar-refractivity contribution < 1.29 is 0 Å². The number of hydrogen-bond acceptors (Lipinski definition) is 2. The van der Waals surface area contributed by atoms with Crippen molar-refractivity contribution in [3.05, 3.63) is 163 Å². The van der Waals surface area contributed by atoms with Crippen LogP contribution in [0.25, 0.3) is 83.2 Å². The van der Waals surface area contributed by atoms with Gasteiger partial charge in [0.15, 0.2) is 0 Å². The molecule has 0 fully saturated rings. The summed E-state index contributed by atoms with van der Waals surface area (Å²) in [6.45, 7) is 0. The number of pyridine rings is 2. The fourth-order valence-corrected chi connectivity index (χ4v) is 7.35. The molecule has 2 heteroatoms. The van der Waals surface area contributed by atoms with Gasteiger partial charge in [-0.2, -0.15) is 0 Å². The van der Waals surface area contributed by atoms with E-state index in [0.717, 1.165) is 35.4 Å². The predicted molar refractivity (Wildman–Crippen MR) is 194 cm³/mol. The largest absolute Gasteiger partial charge is 0.265 e. The molecular formula is C44H30N2. The molecule has 2 heterocycles. The van der Waals surface area contributed by atoms with Gasteiger partial charge in [0.1, 0.15) is 0 Å². The Hall–Kier alpha value is -5.86. The molecule has 0 aliphatic heterocycles. The maximum Gasteiger partial charge on any atom is 0.0710 e. The van der Waals surface area contributed by atoms with E-state index in [9.17, 15) is 0 Å². The zero-order valence-corrected chi connectivity index (χ0v) is 25.3. The summed E-state index contributed by atoms with van der Waals surface area (Å²) in [5.74, 6) is 0. The first kappa shape index (κ1) is 26.5. The van der Waals surface area contributed by atoms with Gasteiger partial charge >= 0.3 is 0 Å². The lowest BCUT2D eigenvalue weighted by Gasteiger charge is -2.22. The Bertz CT molecular complexity index is 2470. The van der Waals surface area contributed by atoms with Gasteiger partial charge in [-0.05, 0) is 109 Å². The highest BCUT2D eigenvalue weighted by molar-refractivity contribution is 6.24. The normalized spacial score (nSPS) is 12.5. The van der Waals surface area contributed by atoms with E-state index < -0.39 is 0 Å². The first-order chi connectivity index (χ1) is 22.8. The highest BCUT2D eigenvalue weighted by Crippen LogP contribution is 2.47. The monoisotopic (exact) mass is 586 g/mol. The third kappa shape index (κ3) is 4.34. The number of rotatable bonds is 4. The Morgan fingerprint density at radius 3 is 1.98 bits per heavy atom. The first-order valence-corrected chi connectivity index (χ1v) is 16.0. The van der Waals surface area contributed by atoms with Gasteiger partial charge in [0.05, 0.1) is 11.4 Å². The number of hydrogen-bond donors (Lipinski definition) is 0. The highest BCUT2D eigenvalue weighted by atomic mass is 14.7. The maximum absolute atomic E-state index is 5.14. The molecule has 1 aliphatic carbocycles. The number of nitrogens with zero attached hydrogens (tertiary/aromatic N) is 2. The molecule has 0 N–H and O–H groups in total. The molecule has 0 unspecified atom stereocenters. The lowest BCUT2D eigenvalue weighted by molar-refractivity contribution is 0.988. The summed E-state index contributed by atoms with van der Waals surface area (Å²) in [6.07, 6.45) is 10.3. The second kappa shape index (κ2) is 10.9. The lowest BCUT2D eigenvalue weighted by atomic mass is 9.81. The summed E-state index contributed by atoms with van der Waals surface area (Å²) < 4.78 is 0. The van der Waals surface area contributed by atoms with E-state index in [0.29, 0.717) is 0 Å². The van der Waals surface area contributed by atoms with Crippen molar-refractivity contribution >= 4 is 38.4 Å². The van der Waals surface area contributed by atoms with Gasteiger partial charge in [-0.3, -0.25) is 4.98 Å². The Kier molecular flexibility index (Phi) is 6.31. The van der Waals surface area contributed by atoms with Crippen molar-refractivity contribution in [3.8, 4) is 44.8 Å². The van der Waals surface area contributed by atoms with Crippen molar-refractivity contribution in [2.45, 2.75) is 12.8 Å². The molecule has 0 amide bonds. The second-order valence-corrected chi connectivity index (χ2v) is 12.0. The van der Waals surface area contributed by atoms with E-state index in [2.05, 4.69) is 138 Å². The van der Waals surface area contributed by atoms with Crippen molar-refractivity contribution in [3.63, 3.8) is 0 Å². The number of benzene rings is 6. The van der Waals surface area contributed by atoms with Crippen molar-refractivity contribution in [1.82, 2.24) is 9.97 Å². The number of allylic oxidation sites excluding steroid dienone is 1. The molecule has 216 valence electrons. The van der Waals surface area contributed by atoms with Crippen LogP contribution in [-0.4, -0.2) is 9.97 Å². The number of fused-ring (bicyclic) bond motifs is 4. The van der Waals surface area contributed by atoms with E-state index in [4.69, 9.17) is 4.98 Å². The molecule has 0 saturated carbocycles. The van der Waals surface area contributed by atoms with E-state index in [1.807, 2.05) is 24.5 Å². The summed E-state index contributed by atoms with van der Waals surface area (Å²) in [5, 5.41) is 7.55. The summed E-state index contributed by atoms with van der Waals surface area (Å²) >= 11 is 0. The summed E-state index contributed by atoms with van der Waals surface area (Å²) in [7, 11) is 0. The molecule has 0 atom stereocenters. The topological polar surface area (TPSA) is 25.8 Å². The van der Waals surface area contributed by atoms with Gasteiger partial charge < -0.3 is 0 Å². The van der Waals surface area contributed by atoms with Gasteiger partial charge in [0.2, 0.25) is 0 Å². The Balaban J connectivity index is 1.40. The van der Waals surface area contributed by atoms with Crippen LogP contribution in [0.2, 0.25) is 0 Å². The van der Waals surface area contributed by atoms with Gasteiger partial charge in [0, 0.05) is 23.5 Å². The van der Waals surface area contributed by atoms with Crippen LogP contribution in [-0.2, 0) is 6.42 Å². The van der Waals surface area contributed by atoms with Crippen LogP contribution in [0.5, 0.6) is 0 Å². The van der Waals surface area contributed by atoms with Crippen LogP contribution in [0.1, 0.15) is 17.5 Å². The summed E-state index contributed by atoms with van der Waals surface area (Å²) in [4.78, 5) is 9.34. The van der Waals surface area contributed by atoms with E-state index in [-0.39, 0.29) is 0 Å². The van der Waals surface area contributed by atoms with Crippen LogP contribution in [0, 0.1) is 0 Å². The zero-order chi connectivity index (χ0) is 30.5. The molecule has 2 aromatic heterocycles. The molecule has 8 aromatic rings. The molecule has 0 saturated heterocycles. The van der Waals surface area contributed by atoms with Crippen molar-refractivity contribution in [2.75, 3.05) is 0 Å². The fraction of sp³-hybridized carbons (Fsp3) is 0.0455. The molecule has 46 heavy (non-hydrogen) atoms. The second-order valence-electron chi connectivity index (χ2n) is 12.0. The highest BCUT2D eigenvalue weighted by Gasteiger charge is 2.21. The molecule has 6 aromatic carbocycles. The van der Waals surface area contributed by atoms with Crippen LogP contribution >= 0.6 is 0 Å². The Labute approximate surface area is 268 Å². The molecule has 9 rings (SSSR count). The van der Waals surface area contributed by atoms with Gasteiger partial charge in [0.25, 0.3) is 0 Å². The average Bonchev–Trinajstić information content (AvgIpc) is 3.14. The summed E-state index contributed by atoms with van der Waals surface area (Å²) in [6, 6.07) is 48.5. The van der Waals surface area contributed by atoms with Crippen molar-refractivity contribution in [2.24, 2.45) is 0 Å². The first-order valence-electron chi connectivity index (χ1n) is 16.0. The van der Waals surface area contributed by atoms with Crippen LogP contribution in [0.4, 0.5) is 0 Å². The molecule has 2 nitrogen and oxygen atoms in total. The zero-order valence-electron chi connectivity index (χ0n) is 25.3. The molecule has 0 spiro atoms. The smallest absolute Gasteiger partial charge is 0.0710 e. The van der Waals surface area contributed by atoms with E-state index >= 15 is 0 Å². The standard InChI is InChI=1S/C44H30N2/c1-3-14-33-29(10-1)12-7-18-35(33)43-37-16-5-6-17-38(37)44(36-19-8-13-30-11-2-4-15-34(30)36)40-28-32(22-23-39(40)43)42-21-9-20-41(46-42)31-24-26-45-27-25-31/h1-2,4-13,15-28H,3,14H2. The minimum absolute atomic E-state index is 0.942. The SMILES string of the molecule is C1=Cc2cccc(-c3c4ccccc4c(-c4cccc5ccccc45)c4cc(-c5cccc(-c6ccncc6)n5)ccc34)c2CC1. The minimum Gasteiger partial charge on any atom is -0.265 e. The predicted octanol–water partition coefficient (Wildman–Crippen LogP) is 11.6. The lowest BCUT2D eigenvalue weighted by Crippen LogP contribution is -1.99. The summed E-state index contributed by atoms with van der Waals surface area (Å²) in [5.41, 5.74) is 12.0. The maximum atomic E-state index is 5.14. The minimum atomic E-state index is 0.942. The third-order valence-corrected chi connectivity index (χ3v) is 9.44. The van der Waals surface area contributed by atoms with Crippen LogP contribution in [0.15, 0.2) is 152 Å². The van der Waals surface area contributed by atoms with Crippen LogP contribution < -0.4 is 0 Å². The quantitative estimate of drug-likeness (QED) is 0.192. The van der Waals surface area contributed by atoms with E-state index in [1.165, 1.54) is 65.7 Å². The molecular weight excluding hydrogens is 556 g/mol. The molecule has 0 radical (unpaired) electrons. The molecule has 1 aliphatic rings. The fourth-order valence-electron chi connectivity index (χ4n) is 7.35. The van der Waals surface area contributed by atoms with Gasteiger partial charge in [-0.25, -0.2) is 4.98 Å². The average molecular weight is 587 g/mol. The third-order valence-electron chi connectivity index (χ3n) is 9.44. The van der Waals surface area contributed by atoms with Crippen molar-refractivity contribution in [1.29, 1.82) is 0 Å². The van der Waals surface area contributed by atoms with Gasteiger partial charge in [-0.15, -0.1) is 0 Å². The number of aromatic nitrogens is 2. The Morgan fingerprint density at radius 1 is 0.478 bits per heavy atom. The van der Waals surface area contributed by atoms with Gasteiger partial charge in [-0.1, -0.05) is 115 Å². The molecule has 0 bridgehead atoms.